The van der Waals surface area contributed by atoms with Gasteiger partial charge in [0.2, 0.25) is 5.91 Å². The fourth-order valence-corrected chi connectivity index (χ4v) is 2.86. The lowest BCUT2D eigenvalue weighted by atomic mass is 10.1. The first-order chi connectivity index (χ1) is 14.3. The molecular weight excluding hydrogens is 399 g/mol. The number of unbranched alkanes of at least 4 members (excludes halogenated alkanes) is 1. The van der Waals surface area contributed by atoms with Crippen LogP contribution in [0.5, 0.6) is 0 Å². The van der Waals surface area contributed by atoms with E-state index in [1.165, 1.54) is 11.1 Å². The number of amides is 2. The van der Waals surface area contributed by atoms with Crippen LogP contribution in [-0.2, 0) is 4.79 Å². The molecule has 7 nitrogen and oxygen atoms in total. The van der Waals surface area contributed by atoms with Crippen molar-refractivity contribution in [3.63, 3.8) is 0 Å². The molecule has 2 heterocycles. The number of carbonyl (C=O) groups excluding carboxylic acids is 2. The number of nitrogens with one attached hydrogen (secondary N) is 1. The molecule has 0 bridgehead atoms. The lowest BCUT2D eigenvalue weighted by molar-refractivity contribution is -0.139. The summed E-state index contributed by atoms with van der Waals surface area (Å²) < 4.78 is 39.2. The van der Waals surface area contributed by atoms with E-state index in [0.717, 1.165) is 12.1 Å². The van der Waals surface area contributed by atoms with Crippen LogP contribution in [0.25, 0.3) is 11.0 Å². The number of nitrogens with two attached hydrogens (primary N) is 1. The Morgan fingerprint density at radius 2 is 1.83 bits per heavy atom. The molecule has 0 saturated carbocycles. The number of hydrogen-bond donors (Lipinski definition) is 2. The van der Waals surface area contributed by atoms with Crippen LogP contribution in [0.3, 0.4) is 0 Å². The molecule has 0 spiro atoms. The second-order valence-electron chi connectivity index (χ2n) is 6.71. The molecule has 0 radical (unpaired) electrons. The number of nitrogens with zero attached hydrogens (tertiary/aromatic N) is 3. The normalized spacial score (nSPS) is 14.5. The zero-order valence-corrected chi connectivity index (χ0v) is 17.0. The van der Waals surface area contributed by atoms with Crippen molar-refractivity contribution in [2.75, 3.05) is 19.6 Å². The molecule has 1 unspecified atom stereocenters. The number of benzene rings is 1. The van der Waals surface area contributed by atoms with Gasteiger partial charge in [-0.3, -0.25) is 14.6 Å². The van der Waals surface area contributed by atoms with E-state index in [1.807, 2.05) is 13.8 Å². The summed E-state index contributed by atoms with van der Waals surface area (Å²) in [5.74, 6) is -2.85. The minimum Gasteiger partial charge on any atom is -0.351 e. The van der Waals surface area contributed by atoms with Gasteiger partial charge in [-0.25, -0.2) is 18.2 Å². The molecule has 1 aromatic heterocycles. The molecule has 30 heavy (non-hydrogen) atoms. The van der Waals surface area contributed by atoms with Crippen LogP contribution in [0, 0.1) is 11.6 Å². The molecule has 1 aromatic carbocycles. The van der Waals surface area contributed by atoms with Gasteiger partial charge in [0.1, 0.15) is 11.9 Å². The summed E-state index contributed by atoms with van der Waals surface area (Å²) >= 11 is 0. The van der Waals surface area contributed by atoms with Gasteiger partial charge in [0.15, 0.2) is 11.6 Å². The molecule has 2 aromatic rings. The maximum absolute atomic E-state index is 13.3. The number of fused-ring (bicyclic) bond motifs is 1. The number of aromatic nitrogens is 2. The standard InChI is InChI=1S/C18H20F3N5O2.C2H6/c19-10-8-26(9-10)18(28)13(22)3-1-2-4-23-17(27)16-7-24-14-5-11(20)12(21)6-15(14)25-16;1-2/h5-7,10,13H,1-4,8-9,22H2,(H,23,27);1-2H3. The Labute approximate surface area is 172 Å². The van der Waals surface area contributed by atoms with Crippen molar-refractivity contribution < 1.29 is 22.8 Å². The van der Waals surface area contributed by atoms with Crippen molar-refractivity contribution in [2.45, 2.75) is 45.3 Å². The third-order valence-corrected chi connectivity index (χ3v) is 4.51. The van der Waals surface area contributed by atoms with E-state index >= 15 is 0 Å². The molecule has 1 aliphatic heterocycles. The Hall–Kier alpha value is -2.75. The summed E-state index contributed by atoms with van der Waals surface area (Å²) in [6, 6.07) is 1.12. The molecule has 3 rings (SSSR count). The number of rotatable bonds is 7. The molecule has 3 N–H and O–H groups in total. The zero-order valence-electron chi connectivity index (χ0n) is 17.0. The zero-order chi connectivity index (χ0) is 22.3. The molecule has 1 fully saturated rings. The van der Waals surface area contributed by atoms with Crippen LogP contribution in [0.1, 0.15) is 43.6 Å². The van der Waals surface area contributed by atoms with Crippen molar-refractivity contribution in [3.05, 3.63) is 35.7 Å². The van der Waals surface area contributed by atoms with Crippen LogP contribution in [0.4, 0.5) is 13.2 Å². The third kappa shape index (κ3) is 5.88. The molecule has 2 amide bonds. The summed E-state index contributed by atoms with van der Waals surface area (Å²) in [7, 11) is 0. The SMILES string of the molecule is CC.NC(CCCCNC(=O)c1cnc2cc(F)c(F)cc2n1)C(=O)N1CC(F)C1. The quantitative estimate of drug-likeness (QED) is 0.663. The van der Waals surface area contributed by atoms with Gasteiger partial charge in [-0.15, -0.1) is 0 Å². The van der Waals surface area contributed by atoms with Crippen molar-refractivity contribution in [1.29, 1.82) is 0 Å². The number of alkyl halides is 1. The van der Waals surface area contributed by atoms with Gasteiger partial charge in [0, 0.05) is 18.7 Å². The van der Waals surface area contributed by atoms with Crippen LogP contribution < -0.4 is 11.1 Å². The van der Waals surface area contributed by atoms with Gasteiger partial charge >= 0.3 is 0 Å². The first-order valence-corrected chi connectivity index (χ1v) is 9.93. The molecule has 1 aliphatic rings. The second-order valence-corrected chi connectivity index (χ2v) is 6.71. The first kappa shape index (κ1) is 23.5. The van der Waals surface area contributed by atoms with Crippen molar-refractivity contribution in [3.8, 4) is 0 Å². The third-order valence-electron chi connectivity index (χ3n) is 4.51. The van der Waals surface area contributed by atoms with E-state index in [4.69, 9.17) is 5.73 Å². The van der Waals surface area contributed by atoms with Gasteiger partial charge in [0.05, 0.1) is 36.4 Å². The summed E-state index contributed by atoms with van der Waals surface area (Å²) in [6.45, 7) is 4.53. The van der Waals surface area contributed by atoms with Crippen molar-refractivity contribution >= 4 is 22.8 Å². The molecule has 10 heteroatoms. The minimum absolute atomic E-state index is 0.0102. The average molecular weight is 425 g/mol. The van der Waals surface area contributed by atoms with Crippen LogP contribution >= 0.6 is 0 Å². The van der Waals surface area contributed by atoms with Gasteiger partial charge < -0.3 is 16.0 Å². The topological polar surface area (TPSA) is 101 Å². The van der Waals surface area contributed by atoms with E-state index in [9.17, 15) is 22.8 Å². The second kappa shape index (κ2) is 10.9. The number of halogens is 3. The summed E-state index contributed by atoms with van der Waals surface area (Å²) in [5.41, 5.74) is 6.02. The van der Waals surface area contributed by atoms with Gasteiger partial charge in [-0.05, 0) is 19.3 Å². The Morgan fingerprint density at radius 3 is 2.47 bits per heavy atom. The molecule has 1 saturated heterocycles. The van der Waals surface area contributed by atoms with Crippen molar-refractivity contribution in [1.82, 2.24) is 20.2 Å². The lowest BCUT2D eigenvalue weighted by Crippen LogP contribution is -2.56. The highest BCUT2D eigenvalue weighted by Crippen LogP contribution is 2.15. The highest BCUT2D eigenvalue weighted by atomic mass is 19.2. The van der Waals surface area contributed by atoms with E-state index in [-0.39, 0.29) is 35.7 Å². The smallest absolute Gasteiger partial charge is 0.271 e. The fourth-order valence-electron chi connectivity index (χ4n) is 2.86. The summed E-state index contributed by atoms with van der Waals surface area (Å²) in [4.78, 5) is 33.3. The molecule has 1 atom stereocenters. The Kier molecular flexibility index (Phi) is 8.52. The molecular formula is C20H26F3N5O2. The molecule has 0 aliphatic carbocycles. The Bertz CT molecular complexity index is 890. The summed E-state index contributed by atoms with van der Waals surface area (Å²) in [5, 5.41) is 2.65. The average Bonchev–Trinajstić information content (AvgIpc) is 2.72. The first-order valence-electron chi connectivity index (χ1n) is 9.93. The maximum atomic E-state index is 13.3. The van der Waals surface area contributed by atoms with Crippen molar-refractivity contribution in [2.24, 2.45) is 5.73 Å². The predicted molar refractivity (Wildman–Crippen MR) is 106 cm³/mol. The monoisotopic (exact) mass is 425 g/mol. The van der Waals surface area contributed by atoms with E-state index in [2.05, 4.69) is 15.3 Å². The number of hydrogen-bond acceptors (Lipinski definition) is 5. The summed E-state index contributed by atoms with van der Waals surface area (Å²) in [6.07, 6.45) is 1.85. The highest BCUT2D eigenvalue weighted by molar-refractivity contribution is 5.93. The Morgan fingerprint density at radius 1 is 1.20 bits per heavy atom. The lowest BCUT2D eigenvalue weighted by Gasteiger charge is -2.36. The van der Waals surface area contributed by atoms with Crippen LogP contribution in [0.2, 0.25) is 0 Å². The number of likely N-dealkylation sites (tertiary alicyclic amines) is 1. The van der Waals surface area contributed by atoms with Gasteiger partial charge in [-0.1, -0.05) is 13.8 Å². The van der Waals surface area contributed by atoms with E-state index in [0.29, 0.717) is 25.8 Å². The van der Waals surface area contributed by atoms with Crippen LogP contribution in [-0.4, -0.2) is 58.5 Å². The molecule has 164 valence electrons. The minimum atomic E-state index is -1.06. The predicted octanol–water partition coefficient (Wildman–Crippen LogP) is 2.34. The van der Waals surface area contributed by atoms with E-state index < -0.39 is 29.8 Å². The highest BCUT2D eigenvalue weighted by Gasteiger charge is 2.32. The van der Waals surface area contributed by atoms with Crippen LogP contribution in [0.15, 0.2) is 18.3 Å². The number of carbonyl (C=O) groups is 2. The maximum Gasteiger partial charge on any atom is 0.271 e. The Balaban J connectivity index is 0.00000155. The van der Waals surface area contributed by atoms with Gasteiger partial charge in [-0.2, -0.15) is 0 Å². The fraction of sp³-hybridized carbons (Fsp3) is 0.500. The largest absolute Gasteiger partial charge is 0.351 e. The van der Waals surface area contributed by atoms with E-state index in [1.54, 1.807) is 0 Å². The van der Waals surface area contributed by atoms with Gasteiger partial charge in [0.25, 0.3) is 5.91 Å².